The van der Waals surface area contributed by atoms with Crippen LogP contribution in [0.5, 0.6) is 0 Å². The second-order valence-electron chi connectivity index (χ2n) is 10.1. The first-order chi connectivity index (χ1) is 17.1. The van der Waals surface area contributed by atoms with E-state index in [1.165, 1.54) is 12.8 Å². The minimum atomic E-state index is -0.106. The molecule has 0 aliphatic heterocycles. The lowest BCUT2D eigenvalue weighted by atomic mass is 10.1. The molecular weight excluding hydrogens is 438 g/mol. The van der Waals surface area contributed by atoms with E-state index in [9.17, 15) is 9.59 Å². The topological polar surface area (TPSA) is 72.5 Å². The van der Waals surface area contributed by atoms with Gasteiger partial charge in [-0.2, -0.15) is 0 Å². The molecule has 0 unspecified atom stereocenters. The van der Waals surface area contributed by atoms with Crippen LogP contribution in [-0.4, -0.2) is 32.1 Å². The standard InChI is InChI=1S/C28H31N5O2/c1-31(26(34)21-13-7-8-14-21)22-15-16-24-23(17-22)27(35)32(18-19-9-3-2-4-10-19)28-30-29-25(33(24)28)20-11-5-6-12-20/h2-4,9-10,15-17,20-21H,5-8,11-14,18H2,1H3. The molecule has 7 nitrogen and oxygen atoms in total. The number of hydrogen-bond donors (Lipinski definition) is 0. The van der Waals surface area contributed by atoms with Gasteiger partial charge >= 0.3 is 0 Å². The number of rotatable bonds is 5. The van der Waals surface area contributed by atoms with Crippen LogP contribution in [0, 0.1) is 5.92 Å². The van der Waals surface area contributed by atoms with Crippen LogP contribution < -0.4 is 10.5 Å². The first-order valence-electron chi connectivity index (χ1n) is 12.8. The van der Waals surface area contributed by atoms with Crippen LogP contribution >= 0.6 is 0 Å². The van der Waals surface area contributed by atoms with Gasteiger partial charge in [0.25, 0.3) is 5.56 Å². The van der Waals surface area contributed by atoms with Crippen LogP contribution in [0.25, 0.3) is 16.7 Å². The minimum Gasteiger partial charge on any atom is -0.315 e. The number of carbonyl (C=O) groups excluding carboxylic acids is 1. The number of nitrogens with zero attached hydrogens (tertiary/aromatic N) is 5. The van der Waals surface area contributed by atoms with Crippen LogP contribution in [-0.2, 0) is 11.3 Å². The van der Waals surface area contributed by atoms with Crippen molar-refractivity contribution < 1.29 is 4.79 Å². The molecule has 7 heteroatoms. The molecule has 4 aromatic rings. The number of benzene rings is 2. The summed E-state index contributed by atoms with van der Waals surface area (Å²) in [4.78, 5) is 28.7. The molecule has 0 N–H and O–H groups in total. The van der Waals surface area contributed by atoms with E-state index < -0.39 is 0 Å². The second kappa shape index (κ2) is 8.95. The highest BCUT2D eigenvalue weighted by molar-refractivity contribution is 5.97. The fraction of sp³-hybridized carbons (Fsp3) is 0.429. The molecule has 0 spiro atoms. The number of anilines is 1. The highest BCUT2D eigenvalue weighted by Gasteiger charge is 2.28. The maximum absolute atomic E-state index is 13.9. The molecule has 180 valence electrons. The van der Waals surface area contributed by atoms with Crippen LogP contribution in [0.4, 0.5) is 5.69 Å². The van der Waals surface area contributed by atoms with Crippen molar-refractivity contribution in [3.8, 4) is 0 Å². The molecule has 2 aliphatic carbocycles. The zero-order chi connectivity index (χ0) is 23.9. The summed E-state index contributed by atoms with van der Waals surface area (Å²) in [7, 11) is 1.82. The first kappa shape index (κ1) is 22.0. The number of fused-ring (bicyclic) bond motifs is 3. The average Bonchev–Trinajstić information content (AvgIpc) is 3.67. The summed E-state index contributed by atoms with van der Waals surface area (Å²) < 4.78 is 3.81. The highest BCUT2D eigenvalue weighted by Crippen LogP contribution is 2.35. The molecule has 35 heavy (non-hydrogen) atoms. The summed E-state index contributed by atoms with van der Waals surface area (Å²) in [6, 6.07) is 15.8. The summed E-state index contributed by atoms with van der Waals surface area (Å²) in [5.74, 6) is 2.09. The van der Waals surface area contributed by atoms with Gasteiger partial charge in [0.1, 0.15) is 5.82 Å². The average molecular weight is 470 g/mol. The Morgan fingerprint density at radius 1 is 0.971 bits per heavy atom. The number of carbonyl (C=O) groups is 1. The van der Waals surface area contributed by atoms with Gasteiger partial charge < -0.3 is 4.90 Å². The third-order valence-electron chi connectivity index (χ3n) is 7.94. The van der Waals surface area contributed by atoms with Crippen molar-refractivity contribution in [1.82, 2.24) is 19.2 Å². The normalized spacial score (nSPS) is 17.1. The molecule has 2 saturated carbocycles. The van der Waals surface area contributed by atoms with Gasteiger partial charge in [-0.25, -0.2) is 0 Å². The summed E-state index contributed by atoms with van der Waals surface area (Å²) in [6.07, 6.45) is 8.70. The zero-order valence-electron chi connectivity index (χ0n) is 20.2. The largest absolute Gasteiger partial charge is 0.315 e. The molecular formula is C28H31N5O2. The summed E-state index contributed by atoms with van der Waals surface area (Å²) in [5, 5.41) is 9.71. The van der Waals surface area contributed by atoms with Crippen molar-refractivity contribution in [3.05, 3.63) is 70.3 Å². The van der Waals surface area contributed by atoms with Gasteiger partial charge in [0.2, 0.25) is 11.7 Å². The Morgan fingerprint density at radius 2 is 1.69 bits per heavy atom. The van der Waals surface area contributed by atoms with Crippen LogP contribution in [0.1, 0.15) is 68.7 Å². The van der Waals surface area contributed by atoms with Gasteiger partial charge in [-0.05, 0) is 49.4 Å². The van der Waals surface area contributed by atoms with Crippen LogP contribution in [0.2, 0.25) is 0 Å². The van der Waals surface area contributed by atoms with Gasteiger partial charge in [-0.3, -0.25) is 18.6 Å². The van der Waals surface area contributed by atoms with Crippen molar-refractivity contribution in [2.45, 2.75) is 63.8 Å². The van der Waals surface area contributed by atoms with E-state index >= 15 is 0 Å². The van der Waals surface area contributed by atoms with E-state index in [0.717, 1.165) is 61.1 Å². The predicted octanol–water partition coefficient (Wildman–Crippen LogP) is 4.90. The lowest BCUT2D eigenvalue weighted by molar-refractivity contribution is -0.121. The second-order valence-corrected chi connectivity index (χ2v) is 10.1. The lowest BCUT2D eigenvalue weighted by Crippen LogP contribution is -2.32. The van der Waals surface area contributed by atoms with Crippen LogP contribution in [0.3, 0.4) is 0 Å². The monoisotopic (exact) mass is 469 g/mol. The molecule has 0 bridgehead atoms. The molecule has 2 heterocycles. The summed E-state index contributed by atoms with van der Waals surface area (Å²) in [6.45, 7) is 0.420. The first-order valence-corrected chi connectivity index (χ1v) is 12.8. The SMILES string of the molecule is CN(C(=O)C1CCCC1)c1ccc2c(c1)c(=O)n(Cc1ccccc1)c1nnc(C3CCCC3)n21. The van der Waals surface area contributed by atoms with Gasteiger partial charge in [-0.1, -0.05) is 56.0 Å². The Kier molecular flexibility index (Phi) is 5.63. The number of hydrogen-bond acceptors (Lipinski definition) is 4. The van der Waals surface area contributed by atoms with Gasteiger partial charge in [0.15, 0.2) is 0 Å². The van der Waals surface area contributed by atoms with Crippen molar-refractivity contribution in [1.29, 1.82) is 0 Å². The maximum Gasteiger partial charge on any atom is 0.263 e. The molecule has 2 aliphatic rings. The molecule has 0 atom stereocenters. The number of amides is 1. The molecule has 6 rings (SSSR count). The Hall–Kier alpha value is -3.48. The van der Waals surface area contributed by atoms with Gasteiger partial charge in [0, 0.05) is 24.6 Å². The molecule has 0 radical (unpaired) electrons. The highest BCUT2D eigenvalue weighted by atomic mass is 16.2. The van der Waals surface area contributed by atoms with Gasteiger partial charge in [0.05, 0.1) is 17.4 Å². The van der Waals surface area contributed by atoms with Crippen LogP contribution in [0.15, 0.2) is 53.3 Å². The van der Waals surface area contributed by atoms with Crippen molar-refractivity contribution in [2.24, 2.45) is 5.92 Å². The predicted molar refractivity (Wildman–Crippen MR) is 137 cm³/mol. The van der Waals surface area contributed by atoms with E-state index in [4.69, 9.17) is 0 Å². The third-order valence-corrected chi connectivity index (χ3v) is 7.94. The Morgan fingerprint density at radius 3 is 2.43 bits per heavy atom. The van der Waals surface area contributed by atoms with Gasteiger partial charge in [-0.15, -0.1) is 10.2 Å². The summed E-state index contributed by atoms with van der Waals surface area (Å²) in [5.41, 5.74) is 2.50. The van der Waals surface area contributed by atoms with Crippen molar-refractivity contribution in [3.63, 3.8) is 0 Å². The van der Waals surface area contributed by atoms with E-state index in [1.54, 1.807) is 9.47 Å². The zero-order valence-corrected chi connectivity index (χ0v) is 20.2. The van der Waals surface area contributed by atoms with E-state index in [2.05, 4.69) is 14.6 Å². The Bertz CT molecular complexity index is 1440. The molecule has 1 amide bonds. The van der Waals surface area contributed by atoms with E-state index in [0.29, 0.717) is 23.6 Å². The smallest absolute Gasteiger partial charge is 0.263 e. The Labute approximate surface area is 204 Å². The number of aromatic nitrogens is 4. The lowest BCUT2D eigenvalue weighted by Gasteiger charge is -2.22. The van der Waals surface area contributed by atoms with Crippen molar-refractivity contribution in [2.75, 3.05) is 11.9 Å². The molecule has 2 aromatic carbocycles. The Balaban J connectivity index is 1.53. The minimum absolute atomic E-state index is 0.0831. The molecule has 0 saturated heterocycles. The quantitative estimate of drug-likeness (QED) is 0.417. The maximum atomic E-state index is 13.9. The van der Waals surface area contributed by atoms with E-state index in [1.807, 2.05) is 55.6 Å². The fourth-order valence-corrected chi connectivity index (χ4v) is 5.96. The molecule has 2 aromatic heterocycles. The summed E-state index contributed by atoms with van der Waals surface area (Å²) >= 11 is 0. The fourth-order valence-electron chi connectivity index (χ4n) is 5.96. The van der Waals surface area contributed by atoms with E-state index in [-0.39, 0.29) is 17.4 Å². The van der Waals surface area contributed by atoms with Crippen molar-refractivity contribution >= 4 is 28.3 Å². The third kappa shape index (κ3) is 3.83. The molecule has 2 fully saturated rings.